The smallest absolute Gasteiger partial charge is 0.326 e. The number of carboxylic acids is 1. The van der Waals surface area contributed by atoms with Crippen molar-refractivity contribution in [3.8, 4) is 0 Å². The van der Waals surface area contributed by atoms with Gasteiger partial charge in [0.15, 0.2) is 0 Å². The molecule has 1 aromatic heterocycles. The maximum Gasteiger partial charge on any atom is 0.326 e. The molecule has 1 atom stereocenters. The molecule has 2 amide bonds. The highest BCUT2D eigenvalue weighted by Gasteiger charge is 2.19. The fraction of sp³-hybridized carbons (Fsp3) is 0.571. The van der Waals surface area contributed by atoms with Crippen LogP contribution in [0.15, 0.2) is 12.1 Å². The zero-order chi connectivity index (χ0) is 15.7. The van der Waals surface area contributed by atoms with Crippen LogP contribution < -0.4 is 10.6 Å². The number of nitrogens with one attached hydrogen (secondary N) is 2. The number of carbonyl (C=O) groups is 2. The minimum absolute atomic E-state index is 0.343. The number of urea groups is 1. The van der Waals surface area contributed by atoms with E-state index in [1.54, 1.807) is 18.4 Å². The third kappa shape index (κ3) is 6.59. The highest BCUT2D eigenvalue weighted by molar-refractivity contribution is 7.11. The molecule has 1 heterocycles. The first-order valence-corrected chi connectivity index (χ1v) is 7.72. The van der Waals surface area contributed by atoms with E-state index in [4.69, 9.17) is 9.84 Å². The number of ether oxygens (including phenoxy) is 1. The summed E-state index contributed by atoms with van der Waals surface area (Å²) in [5, 5.41) is 14.2. The Morgan fingerprint density at radius 1 is 1.38 bits per heavy atom. The lowest BCUT2D eigenvalue weighted by Gasteiger charge is -2.14. The molecule has 1 unspecified atom stereocenters. The van der Waals surface area contributed by atoms with Gasteiger partial charge in [-0.2, -0.15) is 0 Å². The van der Waals surface area contributed by atoms with Gasteiger partial charge < -0.3 is 20.5 Å². The third-order valence-electron chi connectivity index (χ3n) is 2.93. The van der Waals surface area contributed by atoms with E-state index in [-0.39, 0.29) is 0 Å². The van der Waals surface area contributed by atoms with E-state index in [1.807, 2.05) is 12.1 Å². The predicted molar refractivity (Wildman–Crippen MR) is 81.6 cm³/mol. The Balaban J connectivity index is 2.37. The van der Waals surface area contributed by atoms with Crippen molar-refractivity contribution in [3.05, 3.63) is 21.9 Å². The first kappa shape index (κ1) is 17.5. The molecule has 0 aromatic carbocycles. The standard InChI is InChI=1S/C14H22N2O4S/c1-3-10-6-7-11(21-10)9-15-14(19)16-12(13(17)18)5-4-8-20-2/h6-7,12H,3-5,8-9H2,1-2H3,(H,17,18)(H2,15,16,19). The van der Waals surface area contributed by atoms with Crippen LogP contribution in [0, 0.1) is 0 Å². The highest BCUT2D eigenvalue weighted by atomic mass is 32.1. The summed E-state index contributed by atoms with van der Waals surface area (Å²) in [5.74, 6) is -1.04. The van der Waals surface area contributed by atoms with Crippen molar-refractivity contribution in [2.24, 2.45) is 0 Å². The lowest BCUT2D eigenvalue weighted by molar-refractivity contribution is -0.139. The molecule has 7 heteroatoms. The van der Waals surface area contributed by atoms with Crippen LogP contribution in [-0.4, -0.2) is 36.9 Å². The molecular formula is C14H22N2O4S. The van der Waals surface area contributed by atoms with Gasteiger partial charge in [-0.25, -0.2) is 9.59 Å². The Morgan fingerprint density at radius 3 is 2.67 bits per heavy atom. The van der Waals surface area contributed by atoms with Gasteiger partial charge >= 0.3 is 12.0 Å². The maximum absolute atomic E-state index is 11.7. The van der Waals surface area contributed by atoms with Crippen LogP contribution in [0.3, 0.4) is 0 Å². The molecule has 3 N–H and O–H groups in total. The van der Waals surface area contributed by atoms with Gasteiger partial charge in [-0.05, 0) is 31.4 Å². The summed E-state index contributed by atoms with van der Waals surface area (Å²) in [4.78, 5) is 25.1. The average molecular weight is 314 g/mol. The highest BCUT2D eigenvalue weighted by Crippen LogP contribution is 2.16. The molecule has 118 valence electrons. The Kier molecular flexibility index (Phi) is 7.78. The molecule has 6 nitrogen and oxygen atoms in total. The molecule has 0 fully saturated rings. The number of hydrogen-bond acceptors (Lipinski definition) is 4. The second-order valence-electron chi connectivity index (χ2n) is 4.57. The Labute approximate surface area is 128 Å². The minimum atomic E-state index is -1.04. The van der Waals surface area contributed by atoms with E-state index in [9.17, 15) is 9.59 Å². The minimum Gasteiger partial charge on any atom is -0.480 e. The van der Waals surface area contributed by atoms with Crippen LogP contribution in [0.25, 0.3) is 0 Å². The number of carbonyl (C=O) groups excluding carboxylic acids is 1. The molecule has 1 rings (SSSR count). The summed E-state index contributed by atoms with van der Waals surface area (Å²) >= 11 is 1.64. The number of aryl methyl sites for hydroxylation is 1. The molecule has 1 aromatic rings. The van der Waals surface area contributed by atoms with Crippen LogP contribution in [0.1, 0.15) is 29.5 Å². The van der Waals surface area contributed by atoms with Gasteiger partial charge in [0.05, 0.1) is 6.54 Å². The number of carboxylic acid groups (broad SMARTS) is 1. The third-order valence-corrected chi connectivity index (χ3v) is 4.16. The maximum atomic E-state index is 11.7. The molecule has 0 saturated heterocycles. The van der Waals surface area contributed by atoms with Gasteiger partial charge in [0.25, 0.3) is 0 Å². The Bertz CT molecular complexity index is 462. The van der Waals surface area contributed by atoms with Crippen molar-refractivity contribution < 1.29 is 19.4 Å². The van der Waals surface area contributed by atoms with Crippen molar-refractivity contribution in [2.75, 3.05) is 13.7 Å². The van der Waals surface area contributed by atoms with Crippen LogP contribution in [-0.2, 0) is 22.5 Å². The topological polar surface area (TPSA) is 87.7 Å². The lowest BCUT2D eigenvalue weighted by Crippen LogP contribution is -2.45. The first-order chi connectivity index (χ1) is 10.1. The number of hydrogen-bond donors (Lipinski definition) is 3. The molecule has 0 aliphatic carbocycles. The van der Waals surface area contributed by atoms with Gasteiger partial charge in [-0.1, -0.05) is 6.92 Å². The summed E-state index contributed by atoms with van der Waals surface area (Å²) in [6, 6.07) is 2.64. The number of thiophene rings is 1. The second-order valence-corrected chi connectivity index (χ2v) is 5.83. The summed E-state index contributed by atoms with van der Waals surface area (Å²) in [5.41, 5.74) is 0. The Hall–Kier alpha value is -1.60. The van der Waals surface area contributed by atoms with Gasteiger partial charge in [0, 0.05) is 23.5 Å². The summed E-state index contributed by atoms with van der Waals surface area (Å²) in [6.45, 7) is 2.95. The van der Waals surface area contributed by atoms with Gasteiger partial charge in [-0.15, -0.1) is 11.3 Å². The van der Waals surface area contributed by atoms with Crippen molar-refractivity contribution in [1.29, 1.82) is 0 Å². The molecule has 0 aliphatic heterocycles. The molecule has 0 saturated carbocycles. The summed E-state index contributed by atoms with van der Waals surface area (Å²) in [7, 11) is 1.56. The zero-order valence-corrected chi connectivity index (χ0v) is 13.2. The number of rotatable bonds is 9. The van der Waals surface area contributed by atoms with E-state index in [0.29, 0.717) is 26.0 Å². The van der Waals surface area contributed by atoms with Crippen LogP contribution in [0.4, 0.5) is 4.79 Å². The Morgan fingerprint density at radius 2 is 2.10 bits per heavy atom. The molecular weight excluding hydrogens is 292 g/mol. The van der Waals surface area contributed by atoms with Gasteiger partial charge in [0.1, 0.15) is 6.04 Å². The van der Waals surface area contributed by atoms with Crippen LogP contribution in [0.5, 0.6) is 0 Å². The van der Waals surface area contributed by atoms with Crippen LogP contribution in [0.2, 0.25) is 0 Å². The molecule has 0 aliphatic rings. The van der Waals surface area contributed by atoms with Gasteiger partial charge in [-0.3, -0.25) is 0 Å². The lowest BCUT2D eigenvalue weighted by atomic mass is 10.1. The fourth-order valence-electron chi connectivity index (χ4n) is 1.77. The average Bonchev–Trinajstić information content (AvgIpc) is 2.92. The molecule has 0 radical (unpaired) electrons. The van der Waals surface area contributed by atoms with Crippen molar-refractivity contribution >= 4 is 23.3 Å². The largest absolute Gasteiger partial charge is 0.480 e. The fourth-order valence-corrected chi connectivity index (χ4v) is 2.67. The number of methoxy groups -OCH3 is 1. The monoisotopic (exact) mass is 314 g/mol. The SMILES string of the molecule is CCc1ccc(CNC(=O)NC(CCCOC)C(=O)O)s1. The van der Waals surface area contributed by atoms with Crippen molar-refractivity contribution in [2.45, 2.75) is 38.8 Å². The zero-order valence-electron chi connectivity index (χ0n) is 12.3. The predicted octanol–water partition coefficient (Wildman–Crippen LogP) is 1.99. The normalized spacial score (nSPS) is 11.9. The van der Waals surface area contributed by atoms with E-state index in [2.05, 4.69) is 17.6 Å². The molecule has 0 spiro atoms. The molecule has 21 heavy (non-hydrogen) atoms. The van der Waals surface area contributed by atoms with E-state index >= 15 is 0 Å². The van der Waals surface area contributed by atoms with Crippen molar-refractivity contribution in [3.63, 3.8) is 0 Å². The summed E-state index contributed by atoms with van der Waals surface area (Å²) in [6.07, 6.45) is 1.89. The summed E-state index contributed by atoms with van der Waals surface area (Å²) < 4.78 is 4.88. The van der Waals surface area contributed by atoms with Gasteiger partial charge in [0.2, 0.25) is 0 Å². The number of aliphatic carboxylic acids is 1. The van der Waals surface area contributed by atoms with Crippen LogP contribution >= 0.6 is 11.3 Å². The number of amides is 2. The van der Waals surface area contributed by atoms with E-state index in [0.717, 1.165) is 11.3 Å². The quantitative estimate of drug-likeness (QED) is 0.608. The molecule has 0 bridgehead atoms. The van der Waals surface area contributed by atoms with Crippen molar-refractivity contribution in [1.82, 2.24) is 10.6 Å². The first-order valence-electron chi connectivity index (χ1n) is 6.90. The second kappa shape index (κ2) is 9.36. The van der Waals surface area contributed by atoms with E-state index in [1.165, 1.54) is 4.88 Å². The van der Waals surface area contributed by atoms with E-state index < -0.39 is 18.0 Å².